The van der Waals surface area contributed by atoms with Crippen molar-refractivity contribution in [2.24, 2.45) is 0 Å². The van der Waals surface area contributed by atoms with Crippen LogP contribution in [0.3, 0.4) is 0 Å². The predicted molar refractivity (Wildman–Crippen MR) is 103 cm³/mol. The molecule has 0 amide bonds. The number of thiocarbonyl (C=S) groups is 1. The fraction of sp³-hybridized carbons (Fsp3) is 0.368. The number of anilines is 1. The second kappa shape index (κ2) is 6.88. The van der Waals surface area contributed by atoms with E-state index in [1.807, 2.05) is 6.07 Å². The van der Waals surface area contributed by atoms with Crippen LogP contribution in [0, 0.1) is 6.92 Å². The molecule has 0 fully saturated rings. The second-order valence-corrected chi connectivity index (χ2v) is 7.26. The summed E-state index contributed by atoms with van der Waals surface area (Å²) >= 11 is 5.49. The van der Waals surface area contributed by atoms with Crippen LogP contribution in [0.4, 0.5) is 5.69 Å². The molecule has 3 rings (SSSR count). The number of nitrogens with zero attached hydrogens (tertiary/aromatic N) is 1. The largest absolute Gasteiger partial charge is 0.487 e. The maximum atomic E-state index is 6.13. The average molecular weight is 357 g/mol. The molecule has 1 atom stereocenters. The smallest absolute Gasteiger partial charge is 0.213 e. The Labute approximate surface area is 153 Å². The molecule has 0 bridgehead atoms. The third kappa shape index (κ3) is 4.20. The van der Waals surface area contributed by atoms with Crippen LogP contribution in [0.15, 0.2) is 36.5 Å². The molecule has 1 aliphatic rings. The van der Waals surface area contributed by atoms with E-state index in [9.17, 15) is 0 Å². The molecule has 25 heavy (non-hydrogen) atoms. The Bertz CT molecular complexity index is 775. The lowest BCUT2D eigenvalue weighted by Crippen LogP contribution is -2.42. The zero-order valence-corrected chi connectivity index (χ0v) is 15.7. The van der Waals surface area contributed by atoms with Crippen molar-refractivity contribution in [2.75, 3.05) is 12.4 Å². The number of rotatable bonds is 3. The van der Waals surface area contributed by atoms with Gasteiger partial charge in [0.05, 0.1) is 25.0 Å². The van der Waals surface area contributed by atoms with Gasteiger partial charge in [-0.15, -0.1) is 0 Å². The molecule has 2 heterocycles. The lowest BCUT2D eigenvalue weighted by Gasteiger charge is -2.38. The maximum absolute atomic E-state index is 6.13. The first-order chi connectivity index (χ1) is 11.9. The summed E-state index contributed by atoms with van der Waals surface area (Å²) in [5, 5.41) is 7.14. The summed E-state index contributed by atoms with van der Waals surface area (Å²) in [6.45, 7) is 6.25. The summed E-state index contributed by atoms with van der Waals surface area (Å²) in [5.74, 6) is 1.49. The molecule has 0 unspecified atom stereocenters. The lowest BCUT2D eigenvalue weighted by molar-refractivity contribution is 0.0696. The van der Waals surface area contributed by atoms with E-state index in [0.29, 0.717) is 11.0 Å². The number of aromatic nitrogens is 1. The monoisotopic (exact) mass is 357 g/mol. The van der Waals surface area contributed by atoms with Crippen molar-refractivity contribution in [3.05, 3.63) is 47.7 Å². The summed E-state index contributed by atoms with van der Waals surface area (Å²) < 4.78 is 11.2. The number of hydrogen-bond acceptors (Lipinski definition) is 4. The van der Waals surface area contributed by atoms with Gasteiger partial charge >= 0.3 is 0 Å². The van der Waals surface area contributed by atoms with E-state index < -0.39 is 0 Å². The zero-order chi connectivity index (χ0) is 18.0. The fourth-order valence-corrected chi connectivity index (χ4v) is 3.25. The molecular formula is C19H23N3O2S. The Kier molecular flexibility index (Phi) is 4.81. The quantitative estimate of drug-likeness (QED) is 0.810. The Balaban J connectivity index is 1.74. The minimum absolute atomic E-state index is 0.0885. The van der Waals surface area contributed by atoms with Gasteiger partial charge in [0, 0.05) is 18.1 Å². The minimum atomic E-state index is -0.254. The van der Waals surface area contributed by atoms with Gasteiger partial charge in [-0.25, -0.2) is 4.98 Å². The fourth-order valence-electron chi connectivity index (χ4n) is 2.99. The highest BCUT2D eigenvalue weighted by Crippen LogP contribution is 2.39. The molecule has 1 aromatic heterocycles. The van der Waals surface area contributed by atoms with Crippen molar-refractivity contribution in [3.63, 3.8) is 0 Å². The average Bonchev–Trinajstić information content (AvgIpc) is 2.54. The van der Waals surface area contributed by atoms with Gasteiger partial charge in [0.25, 0.3) is 0 Å². The SMILES string of the molecule is COc1ccc(NC(=S)N[C@H]2CC(C)(C)Oc3cc(C)ccc32)cn1. The first kappa shape index (κ1) is 17.5. The normalized spacial score (nSPS) is 17.8. The van der Waals surface area contributed by atoms with Crippen LogP contribution < -0.4 is 20.1 Å². The van der Waals surface area contributed by atoms with Crippen LogP contribution in [0.5, 0.6) is 11.6 Å². The Morgan fingerprint density at radius 2 is 2.12 bits per heavy atom. The Morgan fingerprint density at radius 3 is 2.80 bits per heavy atom. The summed E-state index contributed by atoms with van der Waals surface area (Å²) in [5.41, 5.74) is 2.87. The van der Waals surface area contributed by atoms with Crippen molar-refractivity contribution in [2.45, 2.75) is 38.8 Å². The molecule has 2 N–H and O–H groups in total. The van der Waals surface area contributed by atoms with Crippen LogP contribution in [-0.2, 0) is 0 Å². The number of pyridine rings is 1. The van der Waals surface area contributed by atoms with Gasteiger partial charge in [0.15, 0.2) is 5.11 Å². The first-order valence-electron chi connectivity index (χ1n) is 8.23. The van der Waals surface area contributed by atoms with Crippen molar-refractivity contribution in [3.8, 4) is 11.6 Å². The first-order valence-corrected chi connectivity index (χ1v) is 8.64. The van der Waals surface area contributed by atoms with Crippen molar-refractivity contribution in [1.29, 1.82) is 0 Å². The van der Waals surface area contributed by atoms with Crippen LogP contribution in [-0.4, -0.2) is 22.8 Å². The second-order valence-electron chi connectivity index (χ2n) is 6.85. The van der Waals surface area contributed by atoms with E-state index in [0.717, 1.165) is 23.4 Å². The van der Waals surface area contributed by atoms with Gasteiger partial charge in [0.1, 0.15) is 11.4 Å². The van der Waals surface area contributed by atoms with Gasteiger partial charge in [-0.05, 0) is 50.7 Å². The summed E-state index contributed by atoms with van der Waals surface area (Å²) in [6, 6.07) is 10.0. The highest BCUT2D eigenvalue weighted by atomic mass is 32.1. The number of nitrogens with one attached hydrogen (secondary N) is 2. The van der Waals surface area contributed by atoms with Gasteiger partial charge in [-0.1, -0.05) is 12.1 Å². The van der Waals surface area contributed by atoms with Gasteiger partial charge in [-0.2, -0.15) is 0 Å². The minimum Gasteiger partial charge on any atom is -0.487 e. The molecule has 0 aliphatic carbocycles. The molecule has 0 saturated heterocycles. The number of benzene rings is 1. The van der Waals surface area contributed by atoms with Crippen LogP contribution in [0.1, 0.15) is 37.4 Å². The van der Waals surface area contributed by atoms with Crippen LogP contribution >= 0.6 is 12.2 Å². The van der Waals surface area contributed by atoms with Gasteiger partial charge in [0.2, 0.25) is 5.88 Å². The van der Waals surface area contributed by atoms with E-state index in [1.54, 1.807) is 19.4 Å². The van der Waals surface area contributed by atoms with Crippen molar-refractivity contribution < 1.29 is 9.47 Å². The number of fused-ring (bicyclic) bond motifs is 1. The number of hydrogen-bond donors (Lipinski definition) is 2. The molecule has 1 aromatic carbocycles. The highest BCUT2D eigenvalue weighted by Gasteiger charge is 2.34. The topological polar surface area (TPSA) is 55.4 Å². The zero-order valence-electron chi connectivity index (χ0n) is 14.9. The molecule has 0 spiro atoms. The van der Waals surface area contributed by atoms with Crippen molar-refractivity contribution >= 4 is 23.0 Å². The molecule has 5 nitrogen and oxygen atoms in total. The number of methoxy groups -OCH3 is 1. The number of ether oxygens (including phenoxy) is 2. The summed E-state index contributed by atoms with van der Waals surface area (Å²) in [6.07, 6.45) is 2.52. The number of aryl methyl sites for hydroxylation is 1. The van der Waals surface area contributed by atoms with E-state index >= 15 is 0 Å². The van der Waals surface area contributed by atoms with Crippen LogP contribution in [0.25, 0.3) is 0 Å². The van der Waals surface area contributed by atoms with Gasteiger partial charge < -0.3 is 20.1 Å². The van der Waals surface area contributed by atoms with E-state index in [4.69, 9.17) is 21.7 Å². The van der Waals surface area contributed by atoms with E-state index in [-0.39, 0.29) is 11.6 Å². The molecule has 0 saturated carbocycles. The maximum Gasteiger partial charge on any atom is 0.213 e. The Hall–Kier alpha value is -2.34. The molecule has 0 radical (unpaired) electrons. The standard InChI is InChI=1S/C19H23N3O2S/c1-12-5-7-14-15(10-19(2,3)24-16(14)9-12)22-18(25)21-13-6-8-17(23-4)20-11-13/h5-9,11,15H,10H2,1-4H3,(H2,21,22,25)/t15-/m0/s1. The van der Waals surface area contributed by atoms with Crippen LogP contribution in [0.2, 0.25) is 0 Å². The molecule has 6 heteroatoms. The summed E-state index contributed by atoms with van der Waals surface area (Å²) in [7, 11) is 1.59. The van der Waals surface area contributed by atoms with Gasteiger partial charge in [-0.3, -0.25) is 0 Å². The lowest BCUT2D eigenvalue weighted by atomic mass is 9.89. The highest BCUT2D eigenvalue weighted by molar-refractivity contribution is 7.80. The third-order valence-electron chi connectivity index (χ3n) is 4.14. The van der Waals surface area contributed by atoms with E-state index in [1.165, 1.54) is 5.56 Å². The summed E-state index contributed by atoms with van der Waals surface area (Å²) in [4.78, 5) is 4.17. The molecule has 132 valence electrons. The molecule has 1 aliphatic heterocycles. The molecule has 2 aromatic rings. The predicted octanol–water partition coefficient (Wildman–Crippen LogP) is 3.99. The molecular weight excluding hydrogens is 334 g/mol. The van der Waals surface area contributed by atoms with Crippen molar-refractivity contribution in [1.82, 2.24) is 10.3 Å². The third-order valence-corrected chi connectivity index (χ3v) is 4.36. The Morgan fingerprint density at radius 1 is 1.32 bits per heavy atom. The van der Waals surface area contributed by atoms with E-state index in [2.05, 4.69) is 54.6 Å².